The third-order valence-electron chi connectivity index (χ3n) is 4.05. The van der Waals surface area contributed by atoms with Gasteiger partial charge in [-0.1, -0.05) is 6.07 Å². The fraction of sp³-hybridized carbons (Fsp3) is 0.571. The van der Waals surface area contributed by atoms with Gasteiger partial charge in [0.15, 0.2) is 0 Å². The Morgan fingerprint density at radius 3 is 2.95 bits per heavy atom. The molecule has 3 N–H and O–H groups in total. The largest absolute Gasteiger partial charge is 0.377 e. The van der Waals surface area contributed by atoms with Crippen molar-refractivity contribution in [2.45, 2.75) is 31.9 Å². The second-order valence-electron chi connectivity index (χ2n) is 5.72. The predicted molar refractivity (Wildman–Crippen MR) is 80.8 cm³/mol. The Kier molecular flexibility index (Phi) is 4.76. The molecule has 1 aliphatic rings. The third kappa shape index (κ3) is 3.69. The number of likely N-dealkylation sites (tertiary alicyclic amines) is 1. The molecule has 1 aromatic carbocycles. The van der Waals surface area contributed by atoms with Gasteiger partial charge < -0.3 is 10.2 Å². The van der Waals surface area contributed by atoms with Crippen molar-refractivity contribution in [2.24, 2.45) is 5.84 Å². The molecule has 7 nitrogen and oxygen atoms in total. The monoisotopic (exact) mass is 294 g/mol. The van der Waals surface area contributed by atoms with Crippen molar-refractivity contribution < 1.29 is 9.66 Å². The van der Waals surface area contributed by atoms with Gasteiger partial charge in [0.2, 0.25) is 0 Å². The number of rotatable bonds is 5. The van der Waals surface area contributed by atoms with Gasteiger partial charge in [-0.2, -0.15) is 0 Å². The van der Waals surface area contributed by atoms with Crippen molar-refractivity contribution in [3.05, 3.63) is 33.9 Å². The average Bonchev–Trinajstić information content (AvgIpc) is 2.47. The Morgan fingerprint density at radius 2 is 2.33 bits per heavy atom. The first-order chi connectivity index (χ1) is 9.97. The zero-order chi connectivity index (χ0) is 15.5. The summed E-state index contributed by atoms with van der Waals surface area (Å²) in [7, 11) is 1.73. The van der Waals surface area contributed by atoms with E-state index < -0.39 is 4.92 Å². The van der Waals surface area contributed by atoms with Crippen molar-refractivity contribution in [1.82, 2.24) is 4.90 Å². The van der Waals surface area contributed by atoms with E-state index in [1.54, 1.807) is 19.2 Å². The molecule has 0 radical (unpaired) electrons. The highest BCUT2D eigenvalue weighted by Crippen LogP contribution is 2.28. The number of hydrogen-bond acceptors (Lipinski definition) is 6. The van der Waals surface area contributed by atoms with Gasteiger partial charge >= 0.3 is 0 Å². The minimum absolute atomic E-state index is 0.00140. The zero-order valence-corrected chi connectivity index (χ0v) is 12.5. The maximum absolute atomic E-state index is 11.1. The molecule has 0 amide bonds. The number of anilines is 1. The number of ether oxygens (including phenoxy) is 1. The Morgan fingerprint density at radius 1 is 1.57 bits per heavy atom. The van der Waals surface area contributed by atoms with E-state index in [0.717, 1.165) is 31.5 Å². The van der Waals surface area contributed by atoms with E-state index in [1.165, 1.54) is 0 Å². The molecule has 116 valence electrons. The van der Waals surface area contributed by atoms with Crippen molar-refractivity contribution in [3.8, 4) is 0 Å². The Balaban J connectivity index is 2.12. The van der Waals surface area contributed by atoms with Crippen molar-refractivity contribution in [2.75, 3.05) is 25.6 Å². The molecular weight excluding hydrogens is 272 g/mol. The van der Waals surface area contributed by atoms with Crippen LogP contribution in [0, 0.1) is 10.1 Å². The number of nitro groups is 1. The average molecular weight is 294 g/mol. The summed E-state index contributed by atoms with van der Waals surface area (Å²) in [6.07, 6.45) is 2.10. The second kappa shape index (κ2) is 6.38. The van der Waals surface area contributed by atoms with Crippen LogP contribution in [0.25, 0.3) is 0 Å². The quantitative estimate of drug-likeness (QED) is 0.489. The molecule has 2 rings (SSSR count). The molecule has 0 bridgehead atoms. The Hall–Kier alpha value is -1.70. The summed E-state index contributed by atoms with van der Waals surface area (Å²) in [6.45, 7) is 4.57. The maximum Gasteiger partial charge on any atom is 0.293 e. The lowest BCUT2D eigenvalue weighted by Crippen LogP contribution is -2.46. The van der Waals surface area contributed by atoms with E-state index in [4.69, 9.17) is 10.6 Å². The van der Waals surface area contributed by atoms with E-state index in [9.17, 15) is 10.1 Å². The van der Waals surface area contributed by atoms with Gasteiger partial charge in [-0.05, 0) is 37.9 Å². The smallest absolute Gasteiger partial charge is 0.293 e. The van der Waals surface area contributed by atoms with Crippen LogP contribution < -0.4 is 11.3 Å². The number of piperidine rings is 1. The number of nitro benzene ring substituents is 1. The highest BCUT2D eigenvalue weighted by atomic mass is 16.6. The predicted octanol–water partition coefficient (Wildman–Crippen LogP) is 1.88. The Bertz CT molecular complexity index is 523. The molecule has 1 saturated heterocycles. The molecule has 0 spiro atoms. The lowest BCUT2D eigenvalue weighted by atomic mass is 9.94. The van der Waals surface area contributed by atoms with Crippen LogP contribution in [0.5, 0.6) is 0 Å². The Labute approximate surface area is 124 Å². The van der Waals surface area contributed by atoms with Crippen LogP contribution in [-0.2, 0) is 11.3 Å². The van der Waals surface area contributed by atoms with Crippen molar-refractivity contribution >= 4 is 11.4 Å². The minimum Gasteiger partial charge on any atom is -0.377 e. The van der Waals surface area contributed by atoms with Gasteiger partial charge in [0.05, 0.1) is 10.5 Å². The summed E-state index contributed by atoms with van der Waals surface area (Å²) in [5.41, 5.74) is 3.45. The van der Waals surface area contributed by atoms with Crippen molar-refractivity contribution in [1.29, 1.82) is 0 Å². The molecule has 1 fully saturated rings. The van der Waals surface area contributed by atoms with Crippen molar-refractivity contribution in [3.63, 3.8) is 0 Å². The topological polar surface area (TPSA) is 93.7 Å². The molecule has 1 unspecified atom stereocenters. The van der Waals surface area contributed by atoms with Crippen LogP contribution in [0.15, 0.2) is 18.2 Å². The zero-order valence-electron chi connectivity index (χ0n) is 12.5. The fourth-order valence-electron chi connectivity index (χ4n) is 2.82. The first-order valence-electron chi connectivity index (χ1n) is 6.99. The normalized spacial score (nSPS) is 23.0. The van der Waals surface area contributed by atoms with Crippen LogP contribution in [0.3, 0.4) is 0 Å². The molecule has 7 heteroatoms. The molecule has 21 heavy (non-hydrogen) atoms. The first-order valence-corrected chi connectivity index (χ1v) is 6.99. The van der Waals surface area contributed by atoms with E-state index in [0.29, 0.717) is 12.2 Å². The molecule has 0 saturated carbocycles. The second-order valence-corrected chi connectivity index (χ2v) is 5.72. The lowest BCUT2D eigenvalue weighted by molar-refractivity contribution is -0.384. The van der Waals surface area contributed by atoms with E-state index >= 15 is 0 Å². The number of nitrogens with zero attached hydrogens (tertiary/aromatic N) is 2. The molecule has 0 aromatic heterocycles. The van der Waals surface area contributed by atoms with E-state index in [2.05, 4.69) is 17.2 Å². The molecule has 0 aliphatic carbocycles. The first kappa shape index (κ1) is 15.7. The lowest BCUT2D eigenvalue weighted by Gasteiger charge is -2.39. The molecule has 1 heterocycles. The van der Waals surface area contributed by atoms with Gasteiger partial charge in [0, 0.05) is 26.3 Å². The van der Waals surface area contributed by atoms with Gasteiger partial charge in [-0.15, -0.1) is 0 Å². The van der Waals surface area contributed by atoms with Crippen LogP contribution in [-0.4, -0.2) is 35.6 Å². The number of nitrogen functional groups attached to an aromatic ring is 1. The number of nitrogens with two attached hydrogens (primary N) is 1. The number of hydrazine groups is 1. The summed E-state index contributed by atoms with van der Waals surface area (Å²) in [4.78, 5) is 12.9. The van der Waals surface area contributed by atoms with Crippen LogP contribution in [0.2, 0.25) is 0 Å². The van der Waals surface area contributed by atoms with Gasteiger partial charge in [0.25, 0.3) is 5.69 Å². The number of methoxy groups -OCH3 is 1. The maximum atomic E-state index is 11.1. The summed E-state index contributed by atoms with van der Waals surface area (Å²) >= 11 is 0. The number of nitrogens with one attached hydrogen (secondary N) is 1. The SMILES string of the molecule is COC1(C)CCCN(Cc2ccc(NN)c([N+](=O)[O-])c2)C1. The van der Waals surface area contributed by atoms with Gasteiger partial charge in [0.1, 0.15) is 5.69 Å². The van der Waals surface area contributed by atoms with E-state index in [-0.39, 0.29) is 11.3 Å². The summed E-state index contributed by atoms with van der Waals surface area (Å²) in [6, 6.07) is 5.09. The fourth-order valence-corrected chi connectivity index (χ4v) is 2.82. The highest BCUT2D eigenvalue weighted by molar-refractivity contribution is 5.61. The summed E-state index contributed by atoms with van der Waals surface area (Å²) < 4.78 is 5.57. The van der Waals surface area contributed by atoms with E-state index in [1.807, 2.05) is 6.07 Å². The molecular formula is C14H22N4O3. The summed E-state index contributed by atoms with van der Waals surface area (Å²) in [5, 5.41) is 11.1. The number of benzene rings is 1. The van der Waals surface area contributed by atoms with Crippen LogP contribution in [0.4, 0.5) is 11.4 Å². The van der Waals surface area contributed by atoms with Crippen LogP contribution >= 0.6 is 0 Å². The summed E-state index contributed by atoms with van der Waals surface area (Å²) in [5.74, 6) is 5.29. The molecule has 1 aliphatic heterocycles. The van der Waals surface area contributed by atoms with Gasteiger partial charge in [-0.3, -0.25) is 20.9 Å². The van der Waals surface area contributed by atoms with Crippen LogP contribution in [0.1, 0.15) is 25.3 Å². The third-order valence-corrected chi connectivity index (χ3v) is 4.05. The standard InChI is InChI=1S/C14H22N4O3/c1-14(21-2)6-3-7-17(10-14)9-11-4-5-12(16-15)13(8-11)18(19)20/h4-5,8,16H,3,6-7,9-10,15H2,1-2H3. The molecule has 1 aromatic rings. The number of hydrogen-bond donors (Lipinski definition) is 2. The van der Waals surface area contributed by atoms with Gasteiger partial charge in [-0.25, -0.2) is 0 Å². The highest BCUT2D eigenvalue weighted by Gasteiger charge is 2.30. The minimum atomic E-state index is -0.422. The molecule has 1 atom stereocenters.